The van der Waals surface area contributed by atoms with Crippen molar-refractivity contribution < 1.29 is 5.11 Å². The SMILES string of the molecule is Cc1cc(-c2cccc(Br)c2)nc(CO)n1. The van der Waals surface area contributed by atoms with Gasteiger partial charge in [-0.3, -0.25) is 0 Å². The Morgan fingerprint density at radius 3 is 2.75 bits per heavy atom. The van der Waals surface area contributed by atoms with E-state index >= 15 is 0 Å². The zero-order chi connectivity index (χ0) is 11.5. The van der Waals surface area contributed by atoms with E-state index in [1.165, 1.54) is 0 Å². The largest absolute Gasteiger partial charge is 0.388 e. The number of hydrogen-bond donors (Lipinski definition) is 1. The first-order valence-electron chi connectivity index (χ1n) is 4.90. The fourth-order valence-electron chi connectivity index (χ4n) is 1.50. The van der Waals surface area contributed by atoms with E-state index in [0.717, 1.165) is 21.4 Å². The van der Waals surface area contributed by atoms with E-state index in [1.807, 2.05) is 37.3 Å². The fraction of sp³-hybridized carbons (Fsp3) is 0.167. The Hall–Kier alpha value is -1.26. The summed E-state index contributed by atoms with van der Waals surface area (Å²) in [6, 6.07) is 9.79. The summed E-state index contributed by atoms with van der Waals surface area (Å²) in [5, 5.41) is 9.05. The minimum atomic E-state index is -0.136. The van der Waals surface area contributed by atoms with Gasteiger partial charge in [0.25, 0.3) is 0 Å². The van der Waals surface area contributed by atoms with Crippen molar-refractivity contribution in [2.24, 2.45) is 0 Å². The van der Waals surface area contributed by atoms with Crippen LogP contribution < -0.4 is 0 Å². The lowest BCUT2D eigenvalue weighted by Crippen LogP contribution is -1.98. The number of rotatable bonds is 2. The molecule has 0 radical (unpaired) electrons. The highest BCUT2D eigenvalue weighted by Crippen LogP contribution is 2.21. The average Bonchev–Trinajstić information content (AvgIpc) is 2.28. The molecule has 1 N–H and O–H groups in total. The summed E-state index contributed by atoms with van der Waals surface area (Å²) >= 11 is 3.42. The number of aryl methyl sites for hydroxylation is 1. The third-order valence-corrected chi connectivity index (χ3v) is 2.66. The molecule has 0 fully saturated rings. The maximum absolute atomic E-state index is 9.05. The summed E-state index contributed by atoms with van der Waals surface area (Å²) in [7, 11) is 0. The predicted molar refractivity (Wildman–Crippen MR) is 65.8 cm³/mol. The van der Waals surface area contributed by atoms with Crippen molar-refractivity contribution in [1.82, 2.24) is 9.97 Å². The first-order chi connectivity index (χ1) is 7.69. The smallest absolute Gasteiger partial charge is 0.154 e. The summed E-state index contributed by atoms with van der Waals surface area (Å²) in [4.78, 5) is 8.41. The minimum absolute atomic E-state index is 0.136. The molecule has 0 spiro atoms. The molecule has 1 aromatic heterocycles. The Morgan fingerprint density at radius 1 is 1.25 bits per heavy atom. The molecule has 0 unspecified atom stereocenters. The highest BCUT2D eigenvalue weighted by molar-refractivity contribution is 9.10. The number of aromatic nitrogens is 2. The van der Waals surface area contributed by atoms with Crippen LogP contribution in [-0.4, -0.2) is 15.1 Å². The average molecular weight is 279 g/mol. The van der Waals surface area contributed by atoms with Gasteiger partial charge in [-0.1, -0.05) is 28.1 Å². The van der Waals surface area contributed by atoms with E-state index in [0.29, 0.717) is 5.82 Å². The molecular formula is C12H11BrN2O. The molecule has 3 nitrogen and oxygen atoms in total. The Kier molecular flexibility index (Phi) is 3.31. The Balaban J connectivity index is 2.51. The van der Waals surface area contributed by atoms with Gasteiger partial charge >= 0.3 is 0 Å². The molecule has 0 saturated heterocycles. The summed E-state index contributed by atoms with van der Waals surface area (Å²) < 4.78 is 1.01. The van der Waals surface area contributed by atoms with E-state index in [2.05, 4.69) is 25.9 Å². The van der Waals surface area contributed by atoms with Crippen LogP contribution in [0.25, 0.3) is 11.3 Å². The van der Waals surface area contributed by atoms with Crippen LogP contribution in [0.2, 0.25) is 0 Å². The van der Waals surface area contributed by atoms with E-state index in [9.17, 15) is 0 Å². The van der Waals surface area contributed by atoms with Crippen LogP contribution in [0.4, 0.5) is 0 Å². The second-order valence-corrected chi connectivity index (χ2v) is 4.39. The lowest BCUT2D eigenvalue weighted by atomic mass is 10.1. The molecule has 0 amide bonds. The van der Waals surface area contributed by atoms with Gasteiger partial charge in [-0.15, -0.1) is 0 Å². The molecular weight excluding hydrogens is 268 g/mol. The molecule has 0 aliphatic heterocycles. The first kappa shape index (κ1) is 11.2. The van der Waals surface area contributed by atoms with Gasteiger partial charge in [-0.25, -0.2) is 9.97 Å². The second-order valence-electron chi connectivity index (χ2n) is 3.48. The Bertz CT molecular complexity index is 514. The van der Waals surface area contributed by atoms with Crippen molar-refractivity contribution in [3.05, 3.63) is 46.3 Å². The van der Waals surface area contributed by atoms with Gasteiger partial charge in [0.2, 0.25) is 0 Å². The van der Waals surface area contributed by atoms with Crippen LogP contribution >= 0.6 is 15.9 Å². The summed E-state index contributed by atoms with van der Waals surface area (Å²) in [6.45, 7) is 1.75. The molecule has 4 heteroatoms. The molecule has 1 aromatic carbocycles. The van der Waals surface area contributed by atoms with Crippen molar-refractivity contribution in [3.8, 4) is 11.3 Å². The lowest BCUT2D eigenvalue weighted by Gasteiger charge is -2.04. The van der Waals surface area contributed by atoms with Crippen molar-refractivity contribution >= 4 is 15.9 Å². The van der Waals surface area contributed by atoms with Crippen molar-refractivity contribution in [1.29, 1.82) is 0 Å². The number of nitrogens with zero attached hydrogens (tertiary/aromatic N) is 2. The Labute approximate surface area is 102 Å². The molecule has 82 valence electrons. The predicted octanol–water partition coefficient (Wildman–Crippen LogP) is 2.71. The number of aliphatic hydroxyl groups excluding tert-OH is 1. The third-order valence-electron chi connectivity index (χ3n) is 2.16. The van der Waals surface area contributed by atoms with Crippen LogP contribution in [0, 0.1) is 6.92 Å². The molecule has 0 atom stereocenters. The number of benzene rings is 1. The fourth-order valence-corrected chi connectivity index (χ4v) is 1.90. The van der Waals surface area contributed by atoms with E-state index in [-0.39, 0.29) is 6.61 Å². The van der Waals surface area contributed by atoms with Crippen molar-refractivity contribution in [2.75, 3.05) is 0 Å². The third kappa shape index (κ3) is 2.46. The van der Waals surface area contributed by atoms with Gasteiger partial charge in [0.1, 0.15) is 6.61 Å². The first-order valence-corrected chi connectivity index (χ1v) is 5.69. The van der Waals surface area contributed by atoms with Gasteiger partial charge in [0, 0.05) is 15.7 Å². The zero-order valence-corrected chi connectivity index (χ0v) is 10.4. The molecule has 16 heavy (non-hydrogen) atoms. The summed E-state index contributed by atoms with van der Waals surface area (Å²) in [5.74, 6) is 0.454. The molecule has 0 aliphatic carbocycles. The summed E-state index contributed by atoms with van der Waals surface area (Å²) in [5.41, 5.74) is 2.70. The molecule has 0 aliphatic rings. The topological polar surface area (TPSA) is 46.0 Å². The second kappa shape index (κ2) is 4.72. The van der Waals surface area contributed by atoms with Gasteiger partial charge < -0.3 is 5.11 Å². The molecule has 1 heterocycles. The maximum atomic E-state index is 9.05. The van der Waals surface area contributed by atoms with E-state index < -0.39 is 0 Å². The Morgan fingerprint density at radius 2 is 2.06 bits per heavy atom. The monoisotopic (exact) mass is 278 g/mol. The van der Waals surface area contributed by atoms with Crippen LogP contribution in [0.15, 0.2) is 34.8 Å². The highest BCUT2D eigenvalue weighted by atomic mass is 79.9. The van der Waals surface area contributed by atoms with Gasteiger partial charge in [0.15, 0.2) is 5.82 Å². The standard InChI is InChI=1S/C12H11BrN2O/c1-8-5-11(15-12(7-16)14-8)9-3-2-4-10(13)6-9/h2-6,16H,7H2,1H3. The molecule has 2 rings (SSSR count). The van der Waals surface area contributed by atoms with Crippen LogP contribution in [0.5, 0.6) is 0 Å². The summed E-state index contributed by atoms with van der Waals surface area (Å²) in [6.07, 6.45) is 0. The maximum Gasteiger partial charge on any atom is 0.154 e. The van der Waals surface area contributed by atoms with Gasteiger partial charge in [-0.05, 0) is 25.1 Å². The van der Waals surface area contributed by atoms with Gasteiger partial charge in [-0.2, -0.15) is 0 Å². The van der Waals surface area contributed by atoms with Gasteiger partial charge in [0.05, 0.1) is 5.69 Å². The normalized spacial score (nSPS) is 10.4. The number of hydrogen-bond acceptors (Lipinski definition) is 3. The van der Waals surface area contributed by atoms with Crippen LogP contribution in [0.1, 0.15) is 11.5 Å². The van der Waals surface area contributed by atoms with Crippen LogP contribution in [0.3, 0.4) is 0 Å². The number of halogens is 1. The molecule has 0 saturated carbocycles. The molecule has 2 aromatic rings. The number of aliphatic hydroxyl groups is 1. The minimum Gasteiger partial charge on any atom is -0.388 e. The van der Waals surface area contributed by atoms with Crippen molar-refractivity contribution in [3.63, 3.8) is 0 Å². The molecule has 0 bridgehead atoms. The van der Waals surface area contributed by atoms with E-state index in [1.54, 1.807) is 0 Å². The quantitative estimate of drug-likeness (QED) is 0.919. The van der Waals surface area contributed by atoms with E-state index in [4.69, 9.17) is 5.11 Å². The zero-order valence-electron chi connectivity index (χ0n) is 8.81. The van der Waals surface area contributed by atoms with Crippen LogP contribution in [-0.2, 0) is 6.61 Å². The lowest BCUT2D eigenvalue weighted by molar-refractivity contribution is 0.271. The van der Waals surface area contributed by atoms with Crippen molar-refractivity contribution in [2.45, 2.75) is 13.5 Å². The highest BCUT2D eigenvalue weighted by Gasteiger charge is 2.04.